The van der Waals surface area contributed by atoms with Crippen LogP contribution in [-0.4, -0.2) is 22.8 Å². The zero-order valence-electron chi connectivity index (χ0n) is 10.5. The number of rotatable bonds is 3. The molecule has 1 aromatic carbocycles. The third-order valence-corrected chi connectivity index (χ3v) is 2.93. The third kappa shape index (κ3) is 3.07. The number of imide groups is 1. The quantitative estimate of drug-likeness (QED) is 0.776. The van der Waals surface area contributed by atoms with E-state index < -0.39 is 0 Å². The minimum absolute atomic E-state index is 0.247. The van der Waals surface area contributed by atoms with Crippen molar-refractivity contribution < 1.29 is 9.59 Å². The Morgan fingerprint density at radius 1 is 1.32 bits per heavy atom. The minimum atomic E-state index is -0.364. The summed E-state index contributed by atoms with van der Waals surface area (Å²) in [6.45, 7) is 3.43. The fourth-order valence-corrected chi connectivity index (χ4v) is 1.98. The van der Waals surface area contributed by atoms with Crippen LogP contribution in [0.4, 0.5) is 0 Å². The molecule has 1 unspecified atom stereocenters. The molecule has 0 N–H and O–H groups in total. The smallest absolute Gasteiger partial charge is 0.253 e. The van der Waals surface area contributed by atoms with E-state index in [4.69, 9.17) is 0 Å². The maximum atomic E-state index is 11.8. The molecule has 0 saturated heterocycles. The minimum Gasteiger partial charge on any atom is -0.269 e. The Morgan fingerprint density at radius 3 is 2.74 bits per heavy atom. The molecule has 0 radical (unpaired) electrons. The first-order chi connectivity index (χ1) is 9.22. The zero-order valence-corrected chi connectivity index (χ0v) is 10.5. The Balaban J connectivity index is 2.20. The first kappa shape index (κ1) is 13.0. The van der Waals surface area contributed by atoms with E-state index >= 15 is 0 Å². The monoisotopic (exact) mass is 253 g/mol. The van der Waals surface area contributed by atoms with Gasteiger partial charge in [0.25, 0.3) is 11.8 Å². The Labute approximate surface area is 112 Å². The predicted octanol–water partition coefficient (Wildman–Crippen LogP) is 2.57. The molecule has 19 heavy (non-hydrogen) atoms. The highest BCUT2D eigenvalue weighted by molar-refractivity contribution is 6.06. The van der Waals surface area contributed by atoms with Crippen LogP contribution in [0.15, 0.2) is 61.2 Å². The lowest BCUT2D eigenvalue weighted by Gasteiger charge is -2.28. The molecule has 0 aromatic heterocycles. The van der Waals surface area contributed by atoms with Crippen molar-refractivity contribution in [3.05, 3.63) is 66.8 Å². The molecular weight excluding hydrogens is 238 g/mol. The van der Waals surface area contributed by atoms with Crippen molar-refractivity contribution in [3.8, 4) is 0 Å². The summed E-state index contributed by atoms with van der Waals surface area (Å²) in [7, 11) is 0. The number of carbonyl (C=O) groups is 2. The van der Waals surface area contributed by atoms with Crippen LogP contribution in [-0.2, 0) is 9.59 Å². The fourth-order valence-electron chi connectivity index (χ4n) is 1.98. The van der Waals surface area contributed by atoms with Gasteiger partial charge in [-0.15, -0.1) is 0 Å². The maximum Gasteiger partial charge on any atom is 0.253 e. The molecular formula is C16H15NO2. The van der Waals surface area contributed by atoms with Gasteiger partial charge in [0.05, 0.1) is 6.04 Å². The SMILES string of the molecule is C=CC(=O)N1C(=O)C=CCC1/C=C/c1ccccc1. The van der Waals surface area contributed by atoms with Gasteiger partial charge >= 0.3 is 0 Å². The first-order valence-electron chi connectivity index (χ1n) is 6.12. The summed E-state index contributed by atoms with van der Waals surface area (Å²) >= 11 is 0. The lowest BCUT2D eigenvalue weighted by atomic mass is 10.1. The number of nitrogens with zero attached hydrogens (tertiary/aromatic N) is 1. The summed E-state index contributed by atoms with van der Waals surface area (Å²) in [5.41, 5.74) is 1.04. The molecule has 0 spiro atoms. The van der Waals surface area contributed by atoms with Gasteiger partial charge in [-0.05, 0) is 24.1 Å². The second kappa shape index (κ2) is 5.96. The van der Waals surface area contributed by atoms with E-state index in [1.807, 2.05) is 42.5 Å². The largest absolute Gasteiger partial charge is 0.269 e. The van der Waals surface area contributed by atoms with Crippen molar-refractivity contribution in [2.75, 3.05) is 0 Å². The number of hydrogen-bond donors (Lipinski definition) is 0. The molecule has 0 aliphatic carbocycles. The molecule has 3 heteroatoms. The Kier molecular flexibility index (Phi) is 4.08. The van der Waals surface area contributed by atoms with Crippen LogP contribution in [0.5, 0.6) is 0 Å². The Morgan fingerprint density at radius 2 is 2.05 bits per heavy atom. The Bertz CT molecular complexity index is 543. The number of hydrogen-bond acceptors (Lipinski definition) is 2. The van der Waals surface area contributed by atoms with E-state index in [9.17, 15) is 9.59 Å². The summed E-state index contributed by atoms with van der Waals surface area (Å²) in [6, 6.07) is 9.52. The van der Waals surface area contributed by atoms with Gasteiger partial charge in [-0.3, -0.25) is 14.5 Å². The molecule has 2 amide bonds. The van der Waals surface area contributed by atoms with Gasteiger partial charge in [-0.2, -0.15) is 0 Å². The average molecular weight is 253 g/mol. The van der Waals surface area contributed by atoms with E-state index in [0.717, 1.165) is 5.56 Å². The summed E-state index contributed by atoms with van der Waals surface area (Å²) < 4.78 is 0. The highest BCUT2D eigenvalue weighted by Gasteiger charge is 2.26. The normalized spacial score (nSPS) is 18.8. The van der Waals surface area contributed by atoms with Crippen LogP contribution in [0.25, 0.3) is 6.08 Å². The molecule has 1 aliphatic rings. The molecule has 1 aliphatic heterocycles. The van der Waals surface area contributed by atoms with E-state index in [1.54, 1.807) is 6.08 Å². The van der Waals surface area contributed by atoms with Gasteiger partial charge in [0.15, 0.2) is 0 Å². The lowest BCUT2D eigenvalue weighted by molar-refractivity contribution is -0.140. The molecule has 1 atom stereocenters. The summed E-state index contributed by atoms with van der Waals surface area (Å²) in [5.74, 6) is -0.657. The number of benzene rings is 1. The molecule has 1 heterocycles. The van der Waals surface area contributed by atoms with Crippen molar-refractivity contribution in [1.82, 2.24) is 4.90 Å². The summed E-state index contributed by atoms with van der Waals surface area (Å²) in [4.78, 5) is 24.7. The molecule has 3 nitrogen and oxygen atoms in total. The van der Waals surface area contributed by atoms with Gasteiger partial charge in [0, 0.05) is 0 Å². The molecule has 96 valence electrons. The number of carbonyl (C=O) groups excluding carboxylic acids is 2. The van der Waals surface area contributed by atoms with Crippen molar-refractivity contribution in [1.29, 1.82) is 0 Å². The summed E-state index contributed by atoms with van der Waals surface area (Å²) in [5, 5.41) is 0. The van der Waals surface area contributed by atoms with Crippen molar-refractivity contribution in [2.45, 2.75) is 12.5 Å². The number of amides is 2. The van der Waals surface area contributed by atoms with E-state index in [0.29, 0.717) is 6.42 Å². The maximum absolute atomic E-state index is 11.8. The van der Waals surface area contributed by atoms with Gasteiger partial charge in [0.1, 0.15) is 0 Å². The van der Waals surface area contributed by atoms with E-state index in [-0.39, 0.29) is 17.9 Å². The average Bonchev–Trinajstić information content (AvgIpc) is 2.45. The van der Waals surface area contributed by atoms with Gasteiger partial charge in [-0.25, -0.2) is 0 Å². The summed E-state index contributed by atoms with van der Waals surface area (Å²) in [6.07, 6.45) is 8.80. The first-order valence-corrected chi connectivity index (χ1v) is 6.12. The third-order valence-electron chi connectivity index (χ3n) is 2.93. The molecule has 2 rings (SSSR count). The lowest BCUT2D eigenvalue weighted by Crippen LogP contribution is -2.43. The van der Waals surface area contributed by atoms with Crippen LogP contribution in [0.3, 0.4) is 0 Å². The van der Waals surface area contributed by atoms with Crippen molar-refractivity contribution in [2.24, 2.45) is 0 Å². The fraction of sp³-hybridized carbons (Fsp3) is 0.125. The highest BCUT2D eigenvalue weighted by Crippen LogP contribution is 2.16. The standard InChI is InChI=1S/C16H15NO2/c1-2-15(18)17-14(9-6-10-16(17)19)12-11-13-7-4-3-5-8-13/h2-8,10-12,14H,1,9H2/b12-11+. The molecule has 0 fully saturated rings. The van der Waals surface area contributed by atoms with Crippen LogP contribution in [0.2, 0.25) is 0 Å². The van der Waals surface area contributed by atoms with Gasteiger partial charge < -0.3 is 0 Å². The van der Waals surface area contributed by atoms with Gasteiger partial charge in [-0.1, -0.05) is 55.1 Å². The molecule has 0 bridgehead atoms. The molecule has 1 aromatic rings. The van der Waals surface area contributed by atoms with Crippen molar-refractivity contribution in [3.63, 3.8) is 0 Å². The van der Waals surface area contributed by atoms with Gasteiger partial charge in [0.2, 0.25) is 0 Å². The van der Waals surface area contributed by atoms with Crippen molar-refractivity contribution >= 4 is 17.9 Å². The van der Waals surface area contributed by atoms with E-state index in [2.05, 4.69) is 6.58 Å². The van der Waals surface area contributed by atoms with Crippen LogP contribution < -0.4 is 0 Å². The van der Waals surface area contributed by atoms with Crippen LogP contribution >= 0.6 is 0 Å². The van der Waals surface area contributed by atoms with Crippen LogP contribution in [0, 0.1) is 0 Å². The highest BCUT2D eigenvalue weighted by atomic mass is 16.2. The van der Waals surface area contributed by atoms with E-state index in [1.165, 1.54) is 17.1 Å². The predicted molar refractivity (Wildman–Crippen MR) is 75.1 cm³/mol. The zero-order chi connectivity index (χ0) is 13.7. The second-order valence-corrected chi connectivity index (χ2v) is 4.23. The second-order valence-electron chi connectivity index (χ2n) is 4.23. The topological polar surface area (TPSA) is 37.4 Å². The van der Waals surface area contributed by atoms with Crippen LogP contribution in [0.1, 0.15) is 12.0 Å². The molecule has 0 saturated carbocycles. The Hall–Kier alpha value is -2.42.